The average Bonchev–Trinajstić information content (AvgIpc) is 2.38. The minimum Gasteiger partial charge on any atom is -0.472 e. The lowest BCUT2D eigenvalue weighted by molar-refractivity contribution is 0.193. The van der Waals surface area contributed by atoms with E-state index in [2.05, 4.69) is 12.2 Å². The summed E-state index contributed by atoms with van der Waals surface area (Å²) < 4.78 is 5.37. The molecule has 0 saturated carbocycles. The average molecular weight is 305 g/mol. The van der Waals surface area contributed by atoms with E-state index < -0.39 is 0 Å². The molecule has 0 unspecified atom stereocenters. The molecule has 1 rings (SSSR count). The van der Waals surface area contributed by atoms with E-state index in [1.165, 1.54) is 0 Å². The summed E-state index contributed by atoms with van der Waals surface area (Å²) in [6.07, 6.45) is 2.03. The van der Waals surface area contributed by atoms with E-state index in [0.717, 1.165) is 19.4 Å². The Kier molecular flexibility index (Phi) is 6.81. The summed E-state index contributed by atoms with van der Waals surface area (Å²) in [6.45, 7) is 2.87. The molecule has 4 nitrogen and oxygen atoms in total. The number of benzene rings is 1. The molecular weight excluding hydrogens is 287 g/mol. The fourth-order valence-corrected chi connectivity index (χ4v) is 1.86. The molecule has 1 aromatic carbocycles. The number of nitrogens with one attached hydrogen (secondary N) is 1. The first kappa shape index (κ1) is 15.9. The zero-order chi connectivity index (χ0) is 14.3. The van der Waals surface area contributed by atoms with E-state index >= 15 is 0 Å². The van der Waals surface area contributed by atoms with Gasteiger partial charge in [0, 0.05) is 18.6 Å². The Morgan fingerprint density at radius 2 is 2.16 bits per heavy atom. The van der Waals surface area contributed by atoms with Gasteiger partial charge < -0.3 is 15.0 Å². The van der Waals surface area contributed by atoms with Gasteiger partial charge in [0.2, 0.25) is 0 Å². The van der Waals surface area contributed by atoms with E-state index in [1.807, 2.05) is 0 Å². The molecule has 0 saturated heterocycles. The Labute approximate surface area is 123 Å². The maximum absolute atomic E-state index is 11.7. The number of unbranched alkanes of at least 4 members (excludes halogenated alkanes) is 1. The Bertz CT molecular complexity index is 427. The molecule has 19 heavy (non-hydrogen) atoms. The van der Waals surface area contributed by atoms with Crippen LogP contribution in [0.1, 0.15) is 19.8 Å². The normalized spacial score (nSPS) is 10.1. The molecule has 0 aliphatic rings. The predicted octanol–water partition coefficient (Wildman–Crippen LogP) is 3.77. The van der Waals surface area contributed by atoms with Crippen LogP contribution >= 0.6 is 23.2 Å². The summed E-state index contributed by atoms with van der Waals surface area (Å²) in [5.74, 6) is 0.488. The lowest BCUT2D eigenvalue weighted by Gasteiger charge is -2.18. The summed E-state index contributed by atoms with van der Waals surface area (Å²) in [5.41, 5.74) is 0. The molecule has 1 aromatic rings. The van der Waals surface area contributed by atoms with Gasteiger partial charge in [0.15, 0.2) is 6.73 Å². The highest BCUT2D eigenvalue weighted by Crippen LogP contribution is 2.27. The lowest BCUT2D eigenvalue weighted by atomic mass is 10.3. The number of carbonyl (C=O) groups excluding carboxylic acids is 1. The van der Waals surface area contributed by atoms with Crippen molar-refractivity contribution >= 4 is 29.2 Å². The van der Waals surface area contributed by atoms with Crippen molar-refractivity contribution in [2.24, 2.45) is 0 Å². The molecule has 106 valence electrons. The fourth-order valence-electron chi connectivity index (χ4n) is 1.40. The standard InChI is InChI=1S/C13H18Cl2N2O2/c1-3-4-7-17(2)13(18)16-9-19-12-6-5-10(14)8-11(12)15/h5-6,8H,3-4,7,9H2,1-2H3,(H,16,18). The second-order valence-electron chi connectivity index (χ2n) is 4.12. The van der Waals surface area contributed by atoms with E-state index in [9.17, 15) is 4.79 Å². The van der Waals surface area contributed by atoms with Gasteiger partial charge >= 0.3 is 6.03 Å². The summed E-state index contributed by atoms with van der Waals surface area (Å²) in [6, 6.07) is 4.77. The highest BCUT2D eigenvalue weighted by molar-refractivity contribution is 6.35. The summed E-state index contributed by atoms with van der Waals surface area (Å²) in [7, 11) is 1.75. The van der Waals surface area contributed by atoms with Gasteiger partial charge in [-0.05, 0) is 24.6 Å². The molecule has 0 fully saturated rings. The maximum Gasteiger partial charge on any atom is 0.319 e. The van der Waals surface area contributed by atoms with Crippen LogP contribution in [0.5, 0.6) is 5.75 Å². The second kappa shape index (κ2) is 8.12. The van der Waals surface area contributed by atoms with Gasteiger partial charge in [-0.15, -0.1) is 0 Å². The van der Waals surface area contributed by atoms with Crippen molar-refractivity contribution in [3.05, 3.63) is 28.2 Å². The lowest BCUT2D eigenvalue weighted by Crippen LogP contribution is -2.39. The van der Waals surface area contributed by atoms with Crippen molar-refractivity contribution < 1.29 is 9.53 Å². The predicted molar refractivity (Wildman–Crippen MR) is 78.0 cm³/mol. The number of hydrogen-bond acceptors (Lipinski definition) is 2. The number of amides is 2. The Balaban J connectivity index is 2.35. The third-order valence-corrected chi connectivity index (χ3v) is 3.07. The number of carbonyl (C=O) groups is 1. The third-order valence-electron chi connectivity index (χ3n) is 2.54. The largest absolute Gasteiger partial charge is 0.472 e. The SMILES string of the molecule is CCCCN(C)C(=O)NCOc1ccc(Cl)cc1Cl. The van der Waals surface area contributed by atoms with Crippen molar-refractivity contribution in [1.82, 2.24) is 10.2 Å². The van der Waals surface area contributed by atoms with Gasteiger partial charge in [0.05, 0.1) is 5.02 Å². The van der Waals surface area contributed by atoms with Crippen molar-refractivity contribution in [3.8, 4) is 5.75 Å². The van der Waals surface area contributed by atoms with Gasteiger partial charge in [-0.1, -0.05) is 36.5 Å². The van der Waals surface area contributed by atoms with Crippen LogP contribution in [-0.2, 0) is 0 Å². The first-order valence-corrected chi connectivity index (χ1v) is 6.87. The second-order valence-corrected chi connectivity index (χ2v) is 4.96. The van der Waals surface area contributed by atoms with Crippen LogP contribution in [0, 0.1) is 0 Å². The smallest absolute Gasteiger partial charge is 0.319 e. The van der Waals surface area contributed by atoms with Crippen LogP contribution in [0.4, 0.5) is 4.79 Å². The van der Waals surface area contributed by atoms with Crippen molar-refractivity contribution in [2.45, 2.75) is 19.8 Å². The minimum absolute atomic E-state index is 0.0661. The summed E-state index contributed by atoms with van der Waals surface area (Å²) in [4.78, 5) is 13.3. The summed E-state index contributed by atoms with van der Waals surface area (Å²) in [5, 5.41) is 3.61. The van der Waals surface area contributed by atoms with Crippen LogP contribution in [0.25, 0.3) is 0 Å². The molecule has 0 bridgehead atoms. The fraction of sp³-hybridized carbons (Fsp3) is 0.462. The van der Waals surface area contributed by atoms with Gasteiger partial charge in [0.1, 0.15) is 5.75 Å². The first-order chi connectivity index (χ1) is 9.04. The van der Waals surface area contributed by atoms with E-state index in [1.54, 1.807) is 30.1 Å². The van der Waals surface area contributed by atoms with E-state index in [4.69, 9.17) is 27.9 Å². The van der Waals surface area contributed by atoms with Gasteiger partial charge in [0.25, 0.3) is 0 Å². The number of halogens is 2. The van der Waals surface area contributed by atoms with Crippen molar-refractivity contribution in [1.29, 1.82) is 0 Å². The Morgan fingerprint density at radius 3 is 2.79 bits per heavy atom. The highest BCUT2D eigenvalue weighted by Gasteiger charge is 2.07. The number of hydrogen-bond donors (Lipinski definition) is 1. The molecule has 0 heterocycles. The van der Waals surface area contributed by atoms with Crippen molar-refractivity contribution in [3.63, 3.8) is 0 Å². The maximum atomic E-state index is 11.7. The molecule has 1 N–H and O–H groups in total. The molecule has 6 heteroatoms. The highest BCUT2D eigenvalue weighted by atomic mass is 35.5. The van der Waals surface area contributed by atoms with E-state index in [0.29, 0.717) is 15.8 Å². The monoisotopic (exact) mass is 304 g/mol. The molecule has 2 amide bonds. The molecule has 0 aliphatic heterocycles. The third kappa shape index (κ3) is 5.57. The number of ether oxygens (including phenoxy) is 1. The van der Waals surface area contributed by atoms with E-state index in [-0.39, 0.29) is 12.8 Å². The van der Waals surface area contributed by atoms with Gasteiger partial charge in [-0.3, -0.25) is 0 Å². The number of rotatable bonds is 6. The minimum atomic E-state index is -0.168. The van der Waals surface area contributed by atoms with Crippen molar-refractivity contribution in [2.75, 3.05) is 20.3 Å². The molecule has 0 aromatic heterocycles. The van der Waals surface area contributed by atoms with Crippen LogP contribution in [0.2, 0.25) is 10.0 Å². The molecule has 0 aliphatic carbocycles. The van der Waals surface area contributed by atoms with Gasteiger partial charge in [-0.25, -0.2) is 4.79 Å². The summed E-state index contributed by atoms with van der Waals surface area (Å²) >= 11 is 11.7. The Morgan fingerprint density at radius 1 is 1.42 bits per heavy atom. The molecule has 0 radical (unpaired) electrons. The zero-order valence-electron chi connectivity index (χ0n) is 11.1. The van der Waals surface area contributed by atoms with Gasteiger partial charge in [-0.2, -0.15) is 0 Å². The topological polar surface area (TPSA) is 41.6 Å². The quantitative estimate of drug-likeness (QED) is 0.813. The first-order valence-electron chi connectivity index (χ1n) is 6.11. The Hall–Kier alpha value is -1.13. The van der Waals surface area contributed by atoms with Crippen LogP contribution in [-0.4, -0.2) is 31.3 Å². The molecule has 0 atom stereocenters. The van der Waals surface area contributed by atoms with Crippen LogP contribution < -0.4 is 10.1 Å². The zero-order valence-corrected chi connectivity index (χ0v) is 12.6. The van der Waals surface area contributed by atoms with Crippen LogP contribution in [0.15, 0.2) is 18.2 Å². The molecule has 0 spiro atoms. The molecular formula is C13H18Cl2N2O2. The van der Waals surface area contributed by atoms with Crippen LogP contribution in [0.3, 0.4) is 0 Å². The number of urea groups is 1. The number of nitrogens with zero attached hydrogens (tertiary/aromatic N) is 1.